The maximum absolute atomic E-state index is 3.81. The first-order valence-corrected chi connectivity index (χ1v) is 3.68. The molecule has 3 heteroatoms. The summed E-state index contributed by atoms with van der Waals surface area (Å²) in [6.45, 7) is 3.59. The molecule has 0 aromatic carbocycles. The van der Waals surface area contributed by atoms with E-state index in [0.717, 1.165) is 13.1 Å². The summed E-state index contributed by atoms with van der Waals surface area (Å²) >= 11 is 0. The summed E-state index contributed by atoms with van der Waals surface area (Å²) in [5.74, 6) is 0. The monoisotopic (exact) mass is 153 g/mol. The highest BCUT2D eigenvalue weighted by atomic mass is 15.0. The number of hydrogen-bond acceptors (Lipinski definition) is 3. The minimum atomic E-state index is 0.741. The van der Waals surface area contributed by atoms with Crippen LogP contribution in [0, 0.1) is 0 Å². The van der Waals surface area contributed by atoms with Gasteiger partial charge in [0.1, 0.15) is 0 Å². The maximum atomic E-state index is 3.81. The molecule has 0 aromatic heterocycles. The Balaban J connectivity index is 3.52. The fourth-order valence-corrected chi connectivity index (χ4v) is 0.456. The highest BCUT2D eigenvalue weighted by Gasteiger charge is 1.78. The zero-order valence-electron chi connectivity index (χ0n) is 7.41. The van der Waals surface area contributed by atoms with Gasteiger partial charge in [-0.2, -0.15) is 4.99 Å². The minimum absolute atomic E-state index is 0.741. The van der Waals surface area contributed by atoms with E-state index >= 15 is 0 Å². The Morgan fingerprint density at radius 2 is 2.18 bits per heavy atom. The molecule has 0 saturated carbocycles. The predicted molar refractivity (Wildman–Crippen MR) is 48.1 cm³/mol. The van der Waals surface area contributed by atoms with Gasteiger partial charge in [-0.15, -0.1) is 0 Å². The molecule has 0 radical (unpaired) electrons. The van der Waals surface area contributed by atoms with Gasteiger partial charge in [0.25, 0.3) is 0 Å². The van der Waals surface area contributed by atoms with Gasteiger partial charge in [0.15, 0.2) is 0 Å². The van der Waals surface area contributed by atoms with Gasteiger partial charge in [-0.1, -0.05) is 6.08 Å². The van der Waals surface area contributed by atoms with Crippen LogP contribution in [-0.2, 0) is 0 Å². The molecule has 0 atom stereocenters. The Labute approximate surface area is 68.2 Å². The Kier molecular flexibility index (Phi) is 6.59. The van der Waals surface area contributed by atoms with E-state index in [1.54, 1.807) is 6.20 Å². The minimum Gasteiger partial charge on any atom is -0.306 e. The van der Waals surface area contributed by atoms with Crippen LogP contribution in [-0.4, -0.2) is 38.1 Å². The second-order valence-corrected chi connectivity index (χ2v) is 2.35. The molecule has 0 rings (SSSR count). The van der Waals surface area contributed by atoms with Crippen molar-refractivity contribution >= 4 is 6.01 Å². The van der Waals surface area contributed by atoms with Crippen LogP contribution in [0.25, 0.3) is 0 Å². The third kappa shape index (κ3) is 9.08. The number of hydrogen-bond donors (Lipinski definition) is 0. The number of likely N-dealkylation sites (N-methyl/N-ethyl adjacent to an activating group) is 1. The van der Waals surface area contributed by atoms with Crippen LogP contribution in [0.5, 0.6) is 0 Å². The van der Waals surface area contributed by atoms with Gasteiger partial charge in [-0.3, -0.25) is 0 Å². The van der Waals surface area contributed by atoms with Gasteiger partial charge >= 0.3 is 0 Å². The normalized spacial score (nSPS) is 10.2. The van der Waals surface area contributed by atoms with E-state index in [4.69, 9.17) is 0 Å². The summed E-state index contributed by atoms with van der Waals surface area (Å²) in [5.41, 5.74) is 0. The van der Waals surface area contributed by atoms with Gasteiger partial charge in [-0.05, 0) is 21.0 Å². The molecule has 0 aromatic rings. The zero-order valence-corrected chi connectivity index (χ0v) is 7.41. The highest BCUT2D eigenvalue weighted by Crippen LogP contribution is 1.77. The first-order chi connectivity index (χ1) is 5.27. The molecule has 0 unspecified atom stereocenters. The van der Waals surface area contributed by atoms with Gasteiger partial charge in [-0.25, -0.2) is 4.99 Å². The van der Waals surface area contributed by atoms with Crippen LogP contribution in [0.3, 0.4) is 0 Å². The van der Waals surface area contributed by atoms with Crippen LogP contribution >= 0.6 is 0 Å². The van der Waals surface area contributed by atoms with Gasteiger partial charge in [0.05, 0.1) is 6.01 Å². The van der Waals surface area contributed by atoms with E-state index in [0.29, 0.717) is 0 Å². The van der Waals surface area contributed by atoms with Crippen molar-refractivity contribution < 1.29 is 0 Å². The fourth-order valence-electron chi connectivity index (χ4n) is 0.456. The second kappa shape index (κ2) is 7.19. The fraction of sp³-hybridized carbons (Fsp3) is 0.625. The summed E-state index contributed by atoms with van der Waals surface area (Å²) in [4.78, 5) is 9.67. The SMILES string of the molecule is CCN=C=NC=CCN(C)C. The Morgan fingerprint density at radius 1 is 1.45 bits per heavy atom. The van der Waals surface area contributed by atoms with E-state index in [-0.39, 0.29) is 0 Å². The van der Waals surface area contributed by atoms with E-state index < -0.39 is 0 Å². The molecule has 0 heterocycles. The molecule has 0 aliphatic rings. The molecule has 11 heavy (non-hydrogen) atoms. The predicted octanol–water partition coefficient (Wildman–Crippen LogP) is 1.26. The third-order valence-corrected chi connectivity index (χ3v) is 0.937. The van der Waals surface area contributed by atoms with Crippen molar-refractivity contribution in [2.45, 2.75) is 6.92 Å². The summed E-state index contributed by atoms with van der Waals surface area (Å²) in [6.07, 6.45) is 3.66. The Bertz CT molecular complexity index is 164. The lowest BCUT2D eigenvalue weighted by molar-refractivity contribution is 0.456. The van der Waals surface area contributed by atoms with Gasteiger partial charge in [0, 0.05) is 19.3 Å². The highest BCUT2D eigenvalue weighted by molar-refractivity contribution is 5.42. The lowest BCUT2D eigenvalue weighted by Gasteiger charge is -2.01. The van der Waals surface area contributed by atoms with Crippen LogP contribution in [0.2, 0.25) is 0 Å². The number of rotatable bonds is 4. The lowest BCUT2D eigenvalue weighted by Crippen LogP contribution is -2.10. The van der Waals surface area contributed by atoms with E-state index in [2.05, 4.69) is 20.9 Å². The third-order valence-electron chi connectivity index (χ3n) is 0.937. The molecule has 0 aliphatic carbocycles. The number of aliphatic imine (C=N–C) groups is 2. The van der Waals surface area contributed by atoms with Gasteiger partial charge in [0.2, 0.25) is 0 Å². The van der Waals surface area contributed by atoms with Crippen molar-refractivity contribution in [3.05, 3.63) is 12.3 Å². The summed E-state index contributed by atoms with van der Waals surface area (Å²) in [5, 5.41) is 0. The Hall–Kier alpha value is -0.920. The molecular weight excluding hydrogens is 138 g/mol. The molecule has 0 saturated heterocycles. The van der Waals surface area contributed by atoms with Crippen LogP contribution in [0.1, 0.15) is 6.92 Å². The van der Waals surface area contributed by atoms with E-state index in [1.165, 1.54) is 0 Å². The Morgan fingerprint density at radius 3 is 2.73 bits per heavy atom. The summed E-state index contributed by atoms with van der Waals surface area (Å²) in [7, 11) is 4.02. The van der Waals surface area contributed by atoms with Crippen LogP contribution in [0.4, 0.5) is 0 Å². The maximum Gasteiger partial charge on any atom is 0.0942 e. The largest absolute Gasteiger partial charge is 0.306 e. The quantitative estimate of drug-likeness (QED) is 0.559. The summed E-state index contributed by atoms with van der Waals surface area (Å²) < 4.78 is 0. The molecule has 0 spiro atoms. The van der Waals surface area contributed by atoms with E-state index in [9.17, 15) is 0 Å². The standard InChI is InChI=1S/C8H15N3/c1-4-9-8-10-6-5-7-11(2)3/h5-6H,4,7H2,1-3H3. The molecular formula is C8H15N3. The van der Waals surface area contributed by atoms with Crippen molar-refractivity contribution in [2.24, 2.45) is 9.98 Å². The average molecular weight is 153 g/mol. The first kappa shape index (κ1) is 10.1. The molecule has 0 aliphatic heterocycles. The molecule has 62 valence electrons. The van der Waals surface area contributed by atoms with Crippen molar-refractivity contribution in [1.29, 1.82) is 0 Å². The molecule has 0 bridgehead atoms. The topological polar surface area (TPSA) is 28.0 Å². The van der Waals surface area contributed by atoms with Crippen molar-refractivity contribution in [1.82, 2.24) is 4.90 Å². The van der Waals surface area contributed by atoms with Gasteiger partial charge < -0.3 is 4.90 Å². The van der Waals surface area contributed by atoms with E-state index in [1.807, 2.05) is 27.1 Å². The molecule has 0 N–H and O–H groups in total. The second-order valence-electron chi connectivity index (χ2n) is 2.35. The molecule has 3 nitrogen and oxygen atoms in total. The zero-order chi connectivity index (χ0) is 8.53. The van der Waals surface area contributed by atoms with Crippen LogP contribution < -0.4 is 0 Å². The van der Waals surface area contributed by atoms with Crippen LogP contribution in [0.15, 0.2) is 22.3 Å². The summed E-state index contributed by atoms with van der Waals surface area (Å²) in [6, 6.07) is 2.55. The molecule has 0 amide bonds. The first-order valence-electron chi connectivity index (χ1n) is 3.68. The lowest BCUT2D eigenvalue weighted by atomic mass is 10.6. The van der Waals surface area contributed by atoms with Crippen molar-refractivity contribution in [2.75, 3.05) is 27.2 Å². The number of nitrogens with zero attached hydrogens (tertiary/aromatic N) is 3. The average Bonchev–Trinajstić information content (AvgIpc) is 1.96. The van der Waals surface area contributed by atoms with Crippen molar-refractivity contribution in [3.8, 4) is 0 Å². The smallest absolute Gasteiger partial charge is 0.0942 e. The van der Waals surface area contributed by atoms with Crippen molar-refractivity contribution in [3.63, 3.8) is 0 Å². The molecule has 0 fully saturated rings.